The van der Waals surface area contributed by atoms with Gasteiger partial charge in [-0.25, -0.2) is 4.79 Å². The summed E-state index contributed by atoms with van der Waals surface area (Å²) in [6.45, 7) is 7.71. The molecular weight excluding hydrogens is 264 g/mol. The molecule has 2 rings (SSSR count). The molecule has 1 amide bonds. The quantitative estimate of drug-likeness (QED) is 0.931. The molecule has 1 fully saturated rings. The number of rotatable bonds is 3. The largest absolute Gasteiger partial charge is 0.444 e. The van der Waals surface area contributed by atoms with Gasteiger partial charge in [-0.3, -0.25) is 0 Å². The molecule has 2 unspecified atom stereocenters. The van der Waals surface area contributed by atoms with Crippen LogP contribution in [0.1, 0.15) is 26.3 Å². The van der Waals surface area contributed by atoms with Crippen LogP contribution in [0.3, 0.4) is 0 Å². The third-order valence-electron chi connectivity index (χ3n) is 3.87. The molecule has 0 radical (unpaired) electrons. The molecule has 0 aromatic heterocycles. The predicted molar refractivity (Wildman–Crippen MR) is 84.0 cm³/mol. The van der Waals surface area contributed by atoms with E-state index in [2.05, 4.69) is 12.1 Å². The van der Waals surface area contributed by atoms with E-state index in [0.29, 0.717) is 24.9 Å². The van der Waals surface area contributed by atoms with Gasteiger partial charge in [0.2, 0.25) is 0 Å². The fourth-order valence-electron chi connectivity index (χ4n) is 2.83. The second kappa shape index (κ2) is 6.48. The molecule has 1 saturated heterocycles. The van der Waals surface area contributed by atoms with Gasteiger partial charge in [0.15, 0.2) is 0 Å². The Kier molecular flexibility index (Phi) is 4.88. The van der Waals surface area contributed by atoms with Crippen molar-refractivity contribution in [2.45, 2.75) is 32.8 Å². The summed E-state index contributed by atoms with van der Waals surface area (Å²) in [6, 6.07) is 10.4. The van der Waals surface area contributed by atoms with E-state index in [1.807, 2.05) is 39.0 Å². The average molecular weight is 290 g/mol. The van der Waals surface area contributed by atoms with Crippen molar-refractivity contribution in [2.75, 3.05) is 19.6 Å². The van der Waals surface area contributed by atoms with Gasteiger partial charge in [0.05, 0.1) is 0 Å². The highest BCUT2D eigenvalue weighted by atomic mass is 16.6. The van der Waals surface area contributed by atoms with Crippen LogP contribution in [-0.4, -0.2) is 36.2 Å². The standard InChI is InChI=1S/C17H26N2O2/c1-17(2,3)21-16(20)19-11-14(15(10-18)12-19)9-13-7-5-4-6-8-13/h4-8,14-15H,9-12,18H2,1-3H3. The second-order valence-electron chi connectivity index (χ2n) is 6.83. The lowest BCUT2D eigenvalue weighted by Gasteiger charge is -2.24. The molecule has 1 aromatic rings. The van der Waals surface area contributed by atoms with Crippen molar-refractivity contribution in [3.63, 3.8) is 0 Å². The van der Waals surface area contributed by atoms with E-state index in [9.17, 15) is 4.79 Å². The fraction of sp³-hybridized carbons (Fsp3) is 0.588. The summed E-state index contributed by atoms with van der Waals surface area (Å²) in [7, 11) is 0. The maximum absolute atomic E-state index is 12.2. The molecule has 0 bridgehead atoms. The molecule has 0 saturated carbocycles. The Morgan fingerprint density at radius 2 is 1.86 bits per heavy atom. The van der Waals surface area contributed by atoms with E-state index < -0.39 is 5.60 Å². The van der Waals surface area contributed by atoms with Crippen LogP contribution in [0.4, 0.5) is 4.79 Å². The highest BCUT2D eigenvalue weighted by Gasteiger charge is 2.36. The molecule has 116 valence electrons. The molecule has 4 nitrogen and oxygen atoms in total. The fourth-order valence-corrected chi connectivity index (χ4v) is 2.83. The van der Waals surface area contributed by atoms with E-state index in [0.717, 1.165) is 13.0 Å². The van der Waals surface area contributed by atoms with Gasteiger partial charge in [-0.1, -0.05) is 30.3 Å². The summed E-state index contributed by atoms with van der Waals surface area (Å²) in [5.74, 6) is 0.752. The summed E-state index contributed by atoms with van der Waals surface area (Å²) < 4.78 is 5.46. The Hall–Kier alpha value is -1.55. The van der Waals surface area contributed by atoms with E-state index in [1.54, 1.807) is 4.90 Å². The predicted octanol–water partition coefficient (Wildman–Crippen LogP) is 2.67. The minimum absolute atomic E-state index is 0.225. The van der Waals surface area contributed by atoms with Crippen molar-refractivity contribution in [2.24, 2.45) is 17.6 Å². The van der Waals surface area contributed by atoms with Gasteiger partial charge >= 0.3 is 6.09 Å². The molecular formula is C17H26N2O2. The summed E-state index contributed by atoms with van der Waals surface area (Å²) in [6.07, 6.45) is 0.735. The van der Waals surface area contributed by atoms with E-state index in [4.69, 9.17) is 10.5 Å². The topological polar surface area (TPSA) is 55.6 Å². The molecule has 1 heterocycles. The number of benzene rings is 1. The zero-order valence-corrected chi connectivity index (χ0v) is 13.2. The van der Waals surface area contributed by atoms with Gasteiger partial charge < -0.3 is 15.4 Å². The van der Waals surface area contributed by atoms with Crippen molar-refractivity contribution >= 4 is 6.09 Å². The van der Waals surface area contributed by atoms with Gasteiger partial charge in [-0.05, 0) is 51.1 Å². The number of carbonyl (C=O) groups is 1. The van der Waals surface area contributed by atoms with Crippen LogP contribution in [0.2, 0.25) is 0 Å². The van der Waals surface area contributed by atoms with Gasteiger partial charge in [0.25, 0.3) is 0 Å². The Morgan fingerprint density at radius 1 is 1.24 bits per heavy atom. The minimum Gasteiger partial charge on any atom is -0.444 e. The number of hydrogen-bond donors (Lipinski definition) is 1. The molecule has 4 heteroatoms. The van der Waals surface area contributed by atoms with E-state index >= 15 is 0 Å². The van der Waals surface area contributed by atoms with Gasteiger partial charge in [-0.2, -0.15) is 0 Å². The molecule has 1 aliphatic rings. The summed E-state index contributed by atoms with van der Waals surface area (Å²) >= 11 is 0. The van der Waals surface area contributed by atoms with Gasteiger partial charge in [0.1, 0.15) is 5.60 Å². The van der Waals surface area contributed by atoms with Crippen molar-refractivity contribution in [3.05, 3.63) is 35.9 Å². The maximum atomic E-state index is 12.2. The van der Waals surface area contributed by atoms with Crippen molar-refractivity contribution in [1.82, 2.24) is 4.90 Å². The van der Waals surface area contributed by atoms with Gasteiger partial charge in [0, 0.05) is 13.1 Å². The normalized spacial score (nSPS) is 22.4. The van der Waals surface area contributed by atoms with E-state index in [-0.39, 0.29) is 6.09 Å². The second-order valence-corrected chi connectivity index (χ2v) is 6.83. The highest BCUT2D eigenvalue weighted by Crippen LogP contribution is 2.27. The smallest absolute Gasteiger partial charge is 0.410 e. The molecule has 1 aliphatic heterocycles. The molecule has 21 heavy (non-hydrogen) atoms. The van der Waals surface area contributed by atoms with Crippen LogP contribution in [-0.2, 0) is 11.2 Å². The lowest BCUT2D eigenvalue weighted by molar-refractivity contribution is 0.0284. The monoisotopic (exact) mass is 290 g/mol. The minimum atomic E-state index is -0.452. The van der Waals surface area contributed by atoms with Crippen molar-refractivity contribution in [3.8, 4) is 0 Å². The van der Waals surface area contributed by atoms with Crippen molar-refractivity contribution in [1.29, 1.82) is 0 Å². The van der Waals surface area contributed by atoms with Crippen LogP contribution in [0.5, 0.6) is 0 Å². The lowest BCUT2D eigenvalue weighted by atomic mass is 9.90. The van der Waals surface area contributed by atoms with Crippen LogP contribution in [0.25, 0.3) is 0 Å². The number of nitrogens with two attached hydrogens (primary N) is 1. The number of likely N-dealkylation sites (tertiary alicyclic amines) is 1. The average Bonchev–Trinajstić information content (AvgIpc) is 2.81. The first-order valence-electron chi connectivity index (χ1n) is 7.61. The molecule has 2 atom stereocenters. The first-order chi connectivity index (χ1) is 9.89. The maximum Gasteiger partial charge on any atom is 0.410 e. The summed E-state index contributed by atoms with van der Waals surface area (Å²) in [5.41, 5.74) is 6.74. The Bertz CT molecular complexity index is 467. The first-order valence-corrected chi connectivity index (χ1v) is 7.61. The van der Waals surface area contributed by atoms with Gasteiger partial charge in [-0.15, -0.1) is 0 Å². The van der Waals surface area contributed by atoms with Crippen LogP contribution in [0.15, 0.2) is 30.3 Å². The number of ether oxygens (including phenoxy) is 1. The lowest BCUT2D eigenvalue weighted by Crippen LogP contribution is -2.35. The Morgan fingerprint density at radius 3 is 2.43 bits per heavy atom. The van der Waals surface area contributed by atoms with E-state index in [1.165, 1.54) is 5.56 Å². The summed E-state index contributed by atoms with van der Waals surface area (Å²) in [5, 5.41) is 0. The number of carbonyl (C=O) groups excluding carboxylic acids is 1. The van der Waals surface area contributed by atoms with Crippen molar-refractivity contribution < 1.29 is 9.53 Å². The van der Waals surface area contributed by atoms with Crippen LogP contribution < -0.4 is 5.73 Å². The molecule has 1 aromatic carbocycles. The Labute approximate surface area is 127 Å². The Balaban J connectivity index is 1.99. The van der Waals surface area contributed by atoms with Crippen LogP contribution in [0, 0.1) is 11.8 Å². The number of amides is 1. The zero-order valence-electron chi connectivity index (χ0n) is 13.2. The number of nitrogens with zero attached hydrogens (tertiary/aromatic N) is 1. The summed E-state index contributed by atoms with van der Waals surface area (Å²) in [4.78, 5) is 14.0. The first kappa shape index (κ1) is 15.8. The molecule has 2 N–H and O–H groups in total. The molecule has 0 spiro atoms. The highest BCUT2D eigenvalue weighted by molar-refractivity contribution is 5.68. The third-order valence-corrected chi connectivity index (χ3v) is 3.87. The molecule has 0 aliphatic carbocycles. The zero-order chi connectivity index (χ0) is 15.5. The van der Waals surface area contributed by atoms with Crippen LogP contribution >= 0.6 is 0 Å². The third kappa shape index (κ3) is 4.46. The SMILES string of the molecule is CC(C)(C)OC(=O)N1CC(CN)C(Cc2ccccc2)C1. The number of hydrogen-bond acceptors (Lipinski definition) is 3.